The molecule has 0 fully saturated rings. The number of benzene rings is 3. The van der Waals surface area contributed by atoms with Crippen molar-refractivity contribution in [3.8, 4) is 0 Å². The summed E-state index contributed by atoms with van der Waals surface area (Å²) in [6.07, 6.45) is 0.0968. The molecule has 0 saturated heterocycles. The molecular weight excluding hydrogens is 500 g/mol. The van der Waals surface area contributed by atoms with E-state index in [0.29, 0.717) is 30.0 Å². The molecule has 1 unspecified atom stereocenters. The van der Waals surface area contributed by atoms with E-state index in [1.54, 1.807) is 45.0 Å². The van der Waals surface area contributed by atoms with E-state index in [0.717, 1.165) is 16.7 Å². The zero-order valence-corrected chi connectivity index (χ0v) is 22.8. The van der Waals surface area contributed by atoms with Crippen molar-refractivity contribution in [3.63, 3.8) is 0 Å². The van der Waals surface area contributed by atoms with Crippen LogP contribution in [0.2, 0.25) is 0 Å². The summed E-state index contributed by atoms with van der Waals surface area (Å²) >= 11 is 4.35. The predicted molar refractivity (Wildman–Crippen MR) is 151 cm³/mol. The van der Waals surface area contributed by atoms with Crippen LogP contribution < -0.4 is 10.6 Å². The second-order valence-corrected chi connectivity index (χ2v) is 10.3. The van der Waals surface area contributed by atoms with E-state index in [1.807, 2.05) is 54.6 Å². The minimum Gasteiger partial charge on any atom is -0.457 e. The van der Waals surface area contributed by atoms with Gasteiger partial charge in [-0.2, -0.15) is 12.6 Å². The van der Waals surface area contributed by atoms with Crippen molar-refractivity contribution < 1.29 is 23.9 Å². The number of anilines is 1. The SMILES string of the molecule is CC(C)(C)OC(=O)NCc1ccc(COC(=O)c2cccc(NC(=O)C(CS)Cc3ccccc3)c2)cc1. The molecule has 2 amide bonds. The van der Waals surface area contributed by atoms with Crippen LogP contribution >= 0.6 is 12.6 Å². The first kappa shape index (κ1) is 28.8. The number of rotatable bonds is 10. The summed E-state index contributed by atoms with van der Waals surface area (Å²) in [5, 5.41) is 5.59. The number of hydrogen-bond donors (Lipinski definition) is 3. The fourth-order valence-electron chi connectivity index (χ4n) is 3.58. The number of carbonyl (C=O) groups is 3. The van der Waals surface area contributed by atoms with E-state index in [-0.39, 0.29) is 18.4 Å². The summed E-state index contributed by atoms with van der Waals surface area (Å²) in [5.74, 6) is -0.556. The van der Waals surface area contributed by atoms with E-state index in [2.05, 4.69) is 23.3 Å². The smallest absolute Gasteiger partial charge is 0.407 e. The molecule has 0 aliphatic heterocycles. The summed E-state index contributed by atoms with van der Waals surface area (Å²) < 4.78 is 10.7. The van der Waals surface area contributed by atoms with Gasteiger partial charge >= 0.3 is 12.1 Å². The first-order chi connectivity index (χ1) is 18.1. The van der Waals surface area contributed by atoms with Crippen molar-refractivity contribution in [1.82, 2.24) is 5.32 Å². The Morgan fingerprint density at radius 3 is 2.21 bits per heavy atom. The summed E-state index contributed by atoms with van der Waals surface area (Å²) in [6.45, 7) is 5.84. The van der Waals surface area contributed by atoms with E-state index < -0.39 is 17.7 Å². The van der Waals surface area contributed by atoms with E-state index in [4.69, 9.17) is 9.47 Å². The fraction of sp³-hybridized carbons (Fsp3) is 0.300. The summed E-state index contributed by atoms with van der Waals surface area (Å²) in [5.41, 5.74) is 3.06. The lowest BCUT2D eigenvalue weighted by molar-refractivity contribution is -0.119. The van der Waals surface area contributed by atoms with E-state index in [9.17, 15) is 14.4 Å². The largest absolute Gasteiger partial charge is 0.457 e. The first-order valence-corrected chi connectivity index (χ1v) is 13.0. The Morgan fingerprint density at radius 2 is 1.55 bits per heavy atom. The molecule has 7 nitrogen and oxygen atoms in total. The number of ether oxygens (including phenoxy) is 2. The standard InChI is InChI=1S/C30H34N2O5S/c1-30(2,3)37-29(35)31-18-22-12-14-23(15-13-22)19-36-28(34)24-10-7-11-26(17-24)32-27(33)25(20-38)16-21-8-5-4-6-9-21/h4-15,17,25,38H,16,18-20H2,1-3H3,(H,31,35)(H,32,33). The van der Waals surface area contributed by atoms with Gasteiger partial charge in [0.15, 0.2) is 0 Å². The molecule has 0 aliphatic carbocycles. The molecule has 1 atom stereocenters. The van der Waals surface area contributed by atoms with Crippen molar-refractivity contribution in [2.75, 3.05) is 11.1 Å². The first-order valence-electron chi connectivity index (χ1n) is 12.4. The van der Waals surface area contributed by atoms with Crippen LogP contribution in [0.25, 0.3) is 0 Å². The van der Waals surface area contributed by atoms with Gasteiger partial charge < -0.3 is 20.1 Å². The minimum absolute atomic E-state index is 0.0913. The number of esters is 1. The van der Waals surface area contributed by atoms with Crippen molar-refractivity contribution in [2.45, 2.75) is 45.9 Å². The maximum Gasteiger partial charge on any atom is 0.407 e. The molecule has 0 spiro atoms. The van der Waals surface area contributed by atoms with E-state index >= 15 is 0 Å². The number of nitrogens with one attached hydrogen (secondary N) is 2. The maximum atomic E-state index is 12.8. The quantitative estimate of drug-likeness (QED) is 0.226. The van der Waals surface area contributed by atoms with Gasteiger partial charge in [-0.15, -0.1) is 0 Å². The molecule has 0 saturated carbocycles. The van der Waals surface area contributed by atoms with E-state index in [1.165, 1.54) is 0 Å². The molecule has 0 aliphatic rings. The maximum absolute atomic E-state index is 12.8. The Labute approximate surface area is 229 Å². The van der Waals surface area contributed by atoms with Gasteiger partial charge in [0, 0.05) is 18.0 Å². The lowest BCUT2D eigenvalue weighted by Gasteiger charge is -2.19. The average Bonchev–Trinajstić information content (AvgIpc) is 2.89. The van der Waals surface area contributed by atoms with Gasteiger partial charge in [0.25, 0.3) is 0 Å². The van der Waals surface area contributed by atoms with Gasteiger partial charge in [0.2, 0.25) is 5.91 Å². The molecule has 0 bridgehead atoms. The molecule has 0 radical (unpaired) electrons. The number of amides is 2. The third kappa shape index (κ3) is 9.59. The molecular formula is C30H34N2O5S. The number of thiol groups is 1. The average molecular weight is 535 g/mol. The molecule has 8 heteroatoms. The molecule has 200 valence electrons. The number of hydrogen-bond acceptors (Lipinski definition) is 6. The summed E-state index contributed by atoms with van der Waals surface area (Å²) in [7, 11) is 0. The van der Waals surface area contributed by atoms with Gasteiger partial charge in [-0.1, -0.05) is 60.7 Å². The van der Waals surface area contributed by atoms with Crippen molar-refractivity contribution >= 4 is 36.3 Å². The predicted octanol–water partition coefficient (Wildman–Crippen LogP) is 5.80. The van der Waals surface area contributed by atoms with Crippen LogP contribution in [0.5, 0.6) is 0 Å². The van der Waals surface area contributed by atoms with Crippen LogP contribution in [-0.4, -0.2) is 29.3 Å². The highest BCUT2D eigenvalue weighted by Crippen LogP contribution is 2.17. The molecule has 0 heterocycles. The van der Waals surface area contributed by atoms with Crippen molar-refractivity contribution in [1.29, 1.82) is 0 Å². The van der Waals surface area contributed by atoms with Crippen LogP contribution in [0, 0.1) is 5.92 Å². The molecule has 38 heavy (non-hydrogen) atoms. The number of alkyl carbamates (subject to hydrolysis) is 1. The molecule has 3 rings (SSSR count). The van der Waals surface area contributed by atoms with Gasteiger partial charge in [0.05, 0.1) is 11.5 Å². The van der Waals surface area contributed by atoms with Gasteiger partial charge in [0.1, 0.15) is 12.2 Å². The zero-order valence-electron chi connectivity index (χ0n) is 21.9. The molecule has 3 aromatic rings. The minimum atomic E-state index is -0.555. The molecule has 2 N–H and O–H groups in total. The van der Waals surface area contributed by atoms with Crippen molar-refractivity contribution in [3.05, 3.63) is 101 Å². The monoisotopic (exact) mass is 534 g/mol. The summed E-state index contributed by atoms with van der Waals surface area (Å²) in [6, 6.07) is 23.8. The Bertz CT molecular complexity index is 1220. The van der Waals surface area contributed by atoms with Gasteiger partial charge in [-0.05, 0) is 62.1 Å². The van der Waals surface area contributed by atoms with Crippen LogP contribution in [0.1, 0.15) is 47.8 Å². The van der Waals surface area contributed by atoms with Crippen LogP contribution in [0.3, 0.4) is 0 Å². The Morgan fingerprint density at radius 1 is 0.868 bits per heavy atom. The van der Waals surface area contributed by atoms with Crippen LogP contribution in [0.4, 0.5) is 10.5 Å². The van der Waals surface area contributed by atoms with Crippen LogP contribution in [0.15, 0.2) is 78.9 Å². The second-order valence-electron chi connectivity index (χ2n) is 9.89. The molecule has 3 aromatic carbocycles. The lowest BCUT2D eigenvalue weighted by atomic mass is 10.00. The molecule has 0 aromatic heterocycles. The van der Waals surface area contributed by atoms with Crippen molar-refractivity contribution in [2.24, 2.45) is 5.92 Å². The Balaban J connectivity index is 1.50. The van der Waals surface area contributed by atoms with Gasteiger partial charge in [-0.3, -0.25) is 4.79 Å². The Hall–Kier alpha value is -3.78. The highest BCUT2D eigenvalue weighted by atomic mass is 32.1. The zero-order chi connectivity index (χ0) is 27.5. The Kier molecular flexibility index (Phi) is 10.4. The summed E-state index contributed by atoms with van der Waals surface area (Å²) in [4.78, 5) is 37.2. The van der Waals surface area contributed by atoms with Crippen LogP contribution in [-0.2, 0) is 33.8 Å². The lowest BCUT2D eigenvalue weighted by Crippen LogP contribution is -2.32. The third-order valence-corrected chi connectivity index (χ3v) is 5.95. The highest BCUT2D eigenvalue weighted by molar-refractivity contribution is 7.80. The third-order valence-electron chi connectivity index (χ3n) is 5.51. The topological polar surface area (TPSA) is 93.7 Å². The number of carbonyl (C=O) groups excluding carboxylic acids is 3. The normalized spacial score (nSPS) is 11.8. The van der Waals surface area contributed by atoms with Gasteiger partial charge in [-0.25, -0.2) is 9.59 Å². The fourth-order valence-corrected chi connectivity index (χ4v) is 3.88. The highest BCUT2D eigenvalue weighted by Gasteiger charge is 2.19. The second kappa shape index (κ2) is 13.7.